The number of hydrogen-bond acceptors (Lipinski definition) is 3. The Hall–Kier alpha value is 0.390. The molecule has 0 aromatic carbocycles. The Balaban J connectivity index is 4.61. The van der Waals surface area contributed by atoms with Gasteiger partial charge in [-0.3, -0.25) is 9.59 Å². The van der Waals surface area contributed by atoms with Gasteiger partial charge in [-0.05, 0) is 27.7 Å². The standard InChI is InChI=1S/C8H14O2S3/c1-7(2,5(9)11)13-8(3,4)6(10)12/h1-4H3,(H,9,11)(H,10,12). The lowest BCUT2D eigenvalue weighted by Gasteiger charge is -2.29. The van der Waals surface area contributed by atoms with E-state index in [4.69, 9.17) is 0 Å². The number of thiol groups is 2. The van der Waals surface area contributed by atoms with Gasteiger partial charge in [-0.15, -0.1) is 37.0 Å². The smallest absolute Gasteiger partial charge is 0.201 e. The predicted octanol–water partition coefficient (Wildman–Crippen LogP) is 2.19. The molecule has 0 saturated heterocycles. The Bertz CT molecular complexity index is 210. The summed E-state index contributed by atoms with van der Waals surface area (Å²) in [5.74, 6) is 0. The molecule has 0 aliphatic carbocycles. The zero-order chi connectivity index (χ0) is 10.9. The molecule has 0 unspecified atom stereocenters. The largest absolute Gasteiger partial charge is 0.286 e. The molecule has 0 aliphatic heterocycles. The maximum atomic E-state index is 11.1. The Labute approximate surface area is 94.1 Å². The molecule has 0 bridgehead atoms. The second-order valence-electron chi connectivity index (χ2n) is 3.73. The summed E-state index contributed by atoms with van der Waals surface area (Å²) < 4.78 is -1.32. The van der Waals surface area contributed by atoms with Gasteiger partial charge >= 0.3 is 0 Å². The zero-order valence-corrected chi connectivity index (χ0v) is 10.7. The molecular weight excluding hydrogens is 224 g/mol. The van der Waals surface area contributed by atoms with E-state index >= 15 is 0 Å². The minimum atomic E-state index is -0.662. The molecule has 2 nitrogen and oxygen atoms in total. The monoisotopic (exact) mass is 238 g/mol. The van der Waals surface area contributed by atoms with Crippen LogP contribution in [-0.4, -0.2) is 19.7 Å². The second-order valence-corrected chi connectivity index (χ2v) is 6.79. The summed E-state index contributed by atoms with van der Waals surface area (Å²) >= 11 is 8.79. The third kappa shape index (κ3) is 3.95. The van der Waals surface area contributed by atoms with Gasteiger partial charge in [0.1, 0.15) is 0 Å². The Morgan fingerprint density at radius 1 is 0.923 bits per heavy atom. The SMILES string of the molecule is CC(C)(SC(C)(C)C(=O)S)C(=O)S. The summed E-state index contributed by atoms with van der Waals surface area (Å²) in [6.45, 7) is 6.97. The van der Waals surface area contributed by atoms with Crippen LogP contribution in [-0.2, 0) is 9.59 Å². The summed E-state index contributed by atoms with van der Waals surface area (Å²) in [6.07, 6.45) is 0. The van der Waals surface area contributed by atoms with Crippen LogP contribution in [0, 0.1) is 0 Å². The first-order chi connectivity index (χ1) is 5.59. The first-order valence-corrected chi connectivity index (χ1v) is 5.47. The van der Waals surface area contributed by atoms with E-state index in [-0.39, 0.29) is 10.2 Å². The molecule has 0 rings (SSSR count). The number of hydrogen-bond donors (Lipinski definition) is 2. The van der Waals surface area contributed by atoms with Crippen molar-refractivity contribution in [3.8, 4) is 0 Å². The highest BCUT2D eigenvalue weighted by atomic mass is 32.2. The van der Waals surface area contributed by atoms with E-state index < -0.39 is 9.49 Å². The lowest BCUT2D eigenvalue weighted by Crippen LogP contribution is -2.34. The molecule has 0 aromatic rings. The molecule has 0 radical (unpaired) electrons. The molecule has 0 heterocycles. The summed E-state index contributed by atoms with van der Waals surface area (Å²) in [7, 11) is 0. The lowest BCUT2D eigenvalue weighted by atomic mass is 10.2. The molecule has 0 N–H and O–H groups in total. The average Bonchev–Trinajstić information content (AvgIpc) is 1.83. The highest BCUT2D eigenvalue weighted by molar-refractivity contribution is 8.09. The van der Waals surface area contributed by atoms with Gasteiger partial charge in [0.05, 0.1) is 9.49 Å². The second kappa shape index (κ2) is 4.28. The van der Waals surface area contributed by atoms with Gasteiger partial charge in [-0.2, -0.15) is 0 Å². The molecule has 0 fully saturated rings. The number of carbonyl (C=O) groups excluding carboxylic acids is 2. The van der Waals surface area contributed by atoms with Crippen LogP contribution >= 0.6 is 37.0 Å². The minimum absolute atomic E-state index is 0.236. The first-order valence-electron chi connectivity index (χ1n) is 3.76. The van der Waals surface area contributed by atoms with Crippen molar-refractivity contribution in [1.82, 2.24) is 0 Å². The molecule has 0 spiro atoms. The molecule has 0 atom stereocenters. The van der Waals surface area contributed by atoms with Gasteiger partial charge in [0.15, 0.2) is 0 Å². The van der Waals surface area contributed by atoms with E-state index in [1.54, 1.807) is 27.7 Å². The number of rotatable bonds is 4. The van der Waals surface area contributed by atoms with E-state index in [9.17, 15) is 9.59 Å². The van der Waals surface area contributed by atoms with Crippen molar-refractivity contribution in [1.29, 1.82) is 0 Å². The van der Waals surface area contributed by atoms with Crippen molar-refractivity contribution in [2.75, 3.05) is 0 Å². The molecule has 13 heavy (non-hydrogen) atoms. The van der Waals surface area contributed by atoms with Gasteiger partial charge in [-0.25, -0.2) is 0 Å². The first kappa shape index (κ1) is 13.4. The van der Waals surface area contributed by atoms with Crippen LogP contribution in [0.5, 0.6) is 0 Å². The fourth-order valence-corrected chi connectivity index (χ4v) is 2.45. The van der Waals surface area contributed by atoms with Gasteiger partial charge in [-0.1, -0.05) is 0 Å². The number of carbonyl (C=O) groups is 2. The van der Waals surface area contributed by atoms with E-state index in [1.807, 2.05) is 0 Å². The fraction of sp³-hybridized carbons (Fsp3) is 0.750. The molecular formula is C8H14O2S3. The maximum Gasteiger partial charge on any atom is 0.201 e. The lowest BCUT2D eigenvalue weighted by molar-refractivity contribution is -0.112. The molecule has 0 amide bonds. The van der Waals surface area contributed by atoms with Crippen molar-refractivity contribution >= 4 is 47.3 Å². The minimum Gasteiger partial charge on any atom is -0.286 e. The Morgan fingerprint density at radius 3 is 1.31 bits per heavy atom. The van der Waals surface area contributed by atoms with Crippen molar-refractivity contribution in [2.45, 2.75) is 37.2 Å². The Morgan fingerprint density at radius 2 is 1.15 bits per heavy atom. The van der Waals surface area contributed by atoms with Crippen molar-refractivity contribution in [3.05, 3.63) is 0 Å². The highest BCUT2D eigenvalue weighted by Gasteiger charge is 2.36. The van der Waals surface area contributed by atoms with Crippen LogP contribution in [0.4, 0.5) is 0 Å². The van der Waals surface area contributed by atoms with Crippen LogP contribution in [0.3, 0.4) is 0 Å². The van der Waals surface area contributed by atoms with Crippen molar-refractivity contribution < 1.29 is 9.59 Å². The highest BCUT2D eigenvalue weighted by Crippen LogP contribution is 2.38. The van der Waals surface area contributed by atoms with Crippen molar-refractivity contribution in [2.24, 2.45) is 0 Å². The fourth-order valence-electron chi connectivity index (χ4n) is 0.725. The average molecular weight is 238 g/mol. The summed E-state index contributed by atoms with van der Waals surface area (Å²) in [5.41, 5.74) is 0. The Kier molecular flexibility index (Phi) is 4.40. The predicted molar refractivity (Wildman–Crippen MR) is 63.7 cm³/mol. The molecule has 0 saturated carbocycles. The van der Waals surface area contributed by atoms with Gasteiger partial charge < -0.3 is 0 Å². The van der Waals surface area contributed by atoms with E-state index in [2.05, 4.69) is 25.3 Å². The zero-order valence-electron chi connectivity index (χ0n) is 8.12. The quantitative estimate of drug-likeness (QED) is 0.737. The van der Waals surface area contributed by atoms with Crippen LogP contribution in [0.2, 0.25) is 0 Å². The molecule has 0 aromatic heterocycles. The molecule has 5 heteroatoms. The summed E-state index contributed by atoms with van der Waals surface area (Å²) in [6, 6.07) is 0. The van der Waals surface area contributed by atoms with Crippen molar-refractivity contribution in [3.63, 3.8) is 0 Å². The van der Waals surface area contributed by atoms with Crippen LogP contribution in [0.1, 0.15) is 27.7 Å². The van der Waals surface area contributed by atoms with E-state index in [0.29, 0.717) is 0 Å². The summed E-state index contributed by atoms with van der Waals surface area (Å²) in [5, 5.41) is -0.472. The topological polar surface area (TPSA) is 34.1 Å². The third-order valence-corrected chi connectivity index (χ3v) is 4.35. The van der Waals surface area contributed by atoms with Gasteiger partial charge in [0.25, 0.3) is 0 Å². The van der Waals surface area contributed by atoms with Gasteiger partial charge in [0, 0.05) is 0 Å². The summed E-state index contributed by atoms with van der Waals surface area (Å²) in [4.78, 5) is 22.1. The van der Waals surface area contributed by atoms with E-state index in [0.717, 1.165) is 0 Å². The maximum absolute atomic E-state index is 11.1. The number of thioether (sulfide) groups is 1. The van der Waals surface area contributed by atoms with Crippen LogP contribution in [0.25, 0.3) is 0 Å². The normalized spacial score (nSPS) is 12.8. The third-order valence-electron chi connectivity index (χ3n) is 1.54. The van der Waals surface area contributed by atoms with Crippen LogP contribution in [0.15, 0.2) is 0 Å². The molecule has 76 valence electrons. The molecule has 0 aliphatic rings. The van der Waals surface area contributed by atoms with Crippen LogP contribution < -0.4 is 0 Å². The van der Waals surface area contributed by atoms with E-state index in [1.165, 1.54) is 11.8 Å². The van der Waals surface area contributed by atoms with Gasteiger partial charge in [0.2, 0.25) is 10.2 Å².